The van der Waals surface area contributed by atoms with Gasteiger partial charge >= 0.3 is 12.1 Å². The highest BCUT2D eigenvalue weighted by molar-refractivity contribution is 6.35. The topological polar surface area (TPSA) is 106 Å². The first-order valence-corrected chi connectivity index (χ1v) is 14.8. The molecule has 2 fully saturated rings. The molecule has 39 heavy (non-hydrogen) atoms. The van der Waals surface area contributed by atoms with E-state index in [9.17, 15) is 9.59 Å². The van der Waals surface area contributed by atoms with Gasteiger partial charge in [-0.05, 0) is 106 Å². The van der Waals surface area contributed by atoms with Gasteiger partial charge in [-0.1, -0.05) is 46.4 Å². The standard InChI is InChI=1S/C27H34Cl4N6O2/c28-18-10-19(29)13-24(12-18)34-36-26(38)32-22-5-1-16(2-6-22)9-17-3-7-23(8-4-17)33-27(39)37-35-25-14-20(30)11-21(31)15-25/h10-17,22-23,34-35H,1-9H2,(H2,32,36,38)(H2,33,37,39). The first-order valence-electron chi connectivity index (χ1n) is 13.3. The Hall–Kier alpha value is -2.26. The van der Waals surface area contributed by atoms with Crippen LogP contribution in [0.2, 0.25) is 20.1 Å². The van der Waals surface area contributed by atoms with Crippen LogP contribution < -0.4 is 32.3 Å². The van der Waals surface area contributed by atoms with Crippen LogP contribution in [0.4, 0.5) is 21.0 Å². The van der Waals surface area contributed by atoms with Crippen LogP contribution >= 0.6 is 46.4 Å². The van der Waals surface area contributed by atoms with Crippen molar-refractivity contribution in [3.05, 3.63) is 56.5 Å². The lowest BCUT2D eigenvalue weighted by Crippen LogP contribution is -2.46. The van der Waals surface area contributed by atoms with E-state index in [0.717, 1.165) is 51.4 Å². The third kappa shape index (κ3) is 10.0. The number of hydrazine groups is 2. The molecule has 12 heteroatoms. The zero-order chi connectivity index (χ0) is 27.8. The van der Waals surface area contributed by atoms with Gasteiger partial charge in [0.2, 0.25) is 0 Å². The normalized spacial score (nSPS) is 22.9. The smallest absolute Gasteiger partial charge is 0.333 e. The Labute approximate surface area is 249 Å². The third-order valence-corrected chi connectivity index (χ3v) is 8.27. The Kier molecular flexibility index (Phi) is 11.0. The van der Waals surface area contributed by atoms with Crippen molar-refractivity contribution in [3.63, 3.8) is 0 Å². The Morgan fingerprint density at radius 2 is 0.897 bits per heavy atom. The molecule has 2 aliphatic carbocycles. The highest BCUT2D eigenvalue weighted by Gasteiger charge is 2.28. The molecule has 2 aliphatic rings. The van der Waals surface area contributed by atoms with Crippen molar-refractivity contribution in [3.8, 4) is 0 Å². The fraction of sp³-hybridized carbons (Fsp3) is 0.481. The summed E-state index contributed by atoms with van der Waals surface area (Å²) in [6.45, 7) is 0. The third-order valence-electron chi connectivity index (χ3n) is 7.40. The maximum absolute atomic E-state index is 12.3. The number of urea groups is 2. The van der Waals surface area contributed by atoms with Crippen LogP contribution in [-0.4, -0.2) is 24.1 Å². The molecule has 0 aromatic heterocycles. The summed E-state index contributed by atoms with van der Waals surface area (Å²) < 4.78 is 0. The average molecular weight is 616 g/mol. The number of hydrogen-bond acceptors (Lipinski definition) is 4. The molecule has 0 radical (unpaired) electrons. The summed E-state index contributed by atoms with van der Waals surface area (Å²) in [6, 6.07) is 9.82. The van der Waals surface area contributed by atoms with Crippen LogP contribution in [0.25, 0.3) is 0 Å². The molecule has 0 bridgehead atoms. The van der Waals surface area contributed by atoms with Gasteiger partial charge in [0.1, 0.15) is 0 Å². The molecule has 4 amide bonds. The number of halogens is 4. The summed E-state index contributed by atoms with van der Waals surface area (Å²) >= 11 is 24.0. The van der Waals surface area contributed by atoms with Gasteiger partial charge in [-0.25, -0.2) is 9.59 Å². The number of benzene rings is 2. The monoisotopic (exact) mass is 614 g/mol. The van der Waals surface area contributed by atoms with E-state index in [0.29, 0.717) is 43.3 Å². The van der Waals surface area contributed by atoms with Crippen molar-refractivity contribution in [2.75, 3.05) is 10.9 Å². The first-order chi connectivity index (χ1) is 18.7. The number of anilines is 2. The van der Waals surface area contributed by atoms with Crippen LogP contribution in [0.1, 0.15) is 57.8 Å². The molecular weight excluding hydrogens is 582 g/mol. The molecule has 0 saturated heterocycles. The zero-order valence-electron chi connectivity index (χ0n) is 21.5. The van der Waals surface area contributed by atoms with Crippen molar-refractivity contribution < 1.29 is 9.59 Å². The van der Waals surface area contributed by atoms with Crippen molar-refractivity contribution in [1.29, 1.82) is 0 Å². The minimum atomic E-state index is -0.268. The van der Waals surface area contributed by atoms with Crippen molar-refractivity contribution in [1.82, 2.24) is 21.5 Å². The fourth-order valence-corrected chi connectivity index (χ4v) is 6.56. The Balaban J connectivity index is 1.08. The second-order valence-electron chi connectivity index (χ2n) is 10.4. The molecule has 0 unspecified atom stereocenters. The summed E-state index contributed by atoms with van der Waals surface area (Å²) in [4.78, 5) is 24.6. The van der Waals surface area contributed by atoms with Crippen molar-refractivity contribution >= 4 is 69.8 Å². The lowest BCUT2D eigenvalue weighted by atomic mass is 9.76. The van der Waals surface area contributed by atoms with E-state index in [1.54, 1.807) is 36.4 Å². The van der Waals surface area contributed by atoms with Gasteiger partial charge in [-0.2, -0.15) is 0 Å². The van der Waals surface area contributed by atoms with Crippen LogP contribution in [-0.2, 0) is 0 Å². The van der Waals surface area contributed by atoms with Crippen LogP contribution in [0.3, 0.4) is 0 Å². The van der Waals surface area contributed by atoms with E-state index < -0.39 is 0 Å². The van der Waals surface area contributed by atoms with E-state index in [1.165, 1.54) is 6.42 Å². The molecule has 8 nitrogen and oxygen atoms in total. The summed E-state index contributed by atoms with van der Waals surface area (Å²) in [5.41, 5.74) is 12.2. The molecule has 2 aromatic rings. The van der Waals surface area contributed by atoms with Crippen LogP contribution in [0.15, 0.2) is 36.4 Å². The first kappa shape index (κ1) is 29.7. The van der Waals surface area contributed by atoms with E-state index in [-0.39, 0.29) is 24.1 Å². The van der Waals surface area contributed by atoms with Gasteiger partial charge in [0.15, 0.2) is 0 Å². The summed E-state index contributed by atoms with van der Waals surface area (Å²) in [5, 5.41) is 8.08. The van der Waals surface area contributed by atoms with Crippen LogP contribution in [0.5, 0.6) is 0 Å². The molecule has 0 heterocycles. The number of carbonyl (C=O) groups excluding carboxylic acids is 2. The predicted molar refractivity (Wildman–Crippen MR) is 160 cm³/mol. The molecule has 0 atom stereocenters. The molecule has 0 aliphatic heterocycles. The van der Waals surface area contributed by atoms with Gasteiger partial charge in [-0.3, -0.25) is 21.7 Å². The zero-order valence-corrected chi connectivity index (χ0v) is 24.5. The second kappa shape index (κ2) is 14.4. The number of carbonyl (C=O) groups is 2. The Morgan fingerprint density at radius 3 is 1.23 bits per heavy atom. The van der Waals surface area contributed by atoms with E-state index >= 15 is 0 Å². The molecule has 0 spiro atoms. The van der Waals surface area contributed by atoms with Gasteiger partial charge in [0, 0.05) is 32.2 Å². The highest BCUT2D eigenvalue weighted by Crippen LogP contribution is 2.35. The van der Waals surface area contributed by atoms with Crippen molar-refractivity contribution in [2.24, 2.45) is 11.8 Å². The Bertz CT molecular complexity index is 1010. The van der Waals surface area contributed by atoms with E-state index in [4.69, 9.17) is 46.4 Å². The van der Waals surface area contributed by atoms with Crippen LogP contribution in [0, 0.1) is 11.8 Å². The van der Waals surface area contributed by atoms with E-state index in [1.807, 2.05) is 0 Å². The maximum atomic E-state index is 12.3. The Morgan fingerprint density at radius 1 is 0.564 bits per heavy atom. The highest BCUT2D eigenvalue weighted by atomic mass is 35.5. The minimum Gasteiger partial charge on any atom is -0.334 e. The molecule has 6 N–H and O–H groups in total. The second-order valence-corrected chi connectivity index (χ2v) is 12.2. The summed E-state index contributed by atoms with van der Waals surface area (Å²) in [6.07, 6.45) is 9.57. The fourth-order valence-electron chi connectivity index (χ4n) is 5.51. The number of amides is 4. The molecule has 2 aromatic carbocycles. The quantitative estimate of drug-likeness (QED) is 0.171. The predicted octanol–water partition coefficient (Wildman–Crippen LogP) is 7.76. The van der Waals surface area contributed by atoms with Gasteiger partial charge in [0.25, 0.3) is 0 Å². The van der Waals surface area contributed by atoms with Gasteiger partial charge in [0.05, 0.1) is 11.4 Å². The van der Waals surface area contributed by atoms with Crippen molar-refractivity contribution in [2.45, 2.75) is 69.9 Å². The van der Waals surface area contributed by atoms with Gasteiger partial charge < -0.3 is 10.6 Å². The summed E-state index contributed by atoms with van der Waals surface area (Å²) in [5.74, 6) is 1.37. The number of hydrogen-bond donors (Lipinski definition) is 6. The average Bonchev–Trinajstić information content (AvgIpc) is 2.88. The number of rotatable bonds is 8. The SMILES string of the molecule is O=C(NNc1cc(Cl)cc(Cl)c1)NC1CCC(CC2CCC(NC(=O)NNc3cc(Cl)cc(Cl)c3)CC2)CC1. The maximum Gasteiger partial charge on any atom is 0.333 e. The van der Waals surface area contributed by atoms with E-state index in [2.05, 4.69) is 32.3 Å². The molecular formula is C27H34Cl4N6O2. The lowest BCUT2D eigenvalue weighted by molar-refractivity contribution is 0.199. The number of nitrogens with one attached hydrogen (secondary N) is 6. The van der Waals surface area contributed by atoms with Gasteiger partial charge in [-0.15, -0.1) is 0 Å². The molecule has 2 saturated carbocycles. The lowest BCUT2D eigenvalue weighted by Gasteiger charge is -2.34. The summed E-state index contributed by atoms with van der Waals surface area (Å²) in [7, 11) is 0. The molecule has 4 rings (SSSR count). The largest absolute Gasteiger partial charge is 0.334 e. The minimum absolute atomic E-state index is 0.168. The molecule has 212 valence electrons.